The fourth-order valence-electron chi connectivity index (χ4n) is 4.21. The van der Waals surface area contributed by atoms with Crippen LogP contribution < -0.4 is 9.47 Å². The van der Waals surface area contributed by atoms with Crippen molar-refractivity contribution in [2.24, 2.45) is 0 Å². The second-order valence-electron chi connectivity index (χ2n) is 7.59. The largest absolute Gasteiger partial charge is 0.497 e. The lowest BCUT2D eigenvalue weighted by Crippen LogP contribution is -2.53. The molecule has 3 aromatic carbocycles. The summed E-state index contributed by atoms with van der Waals surface area (Å²) in [5.41, 5.74) is 3.47. The van der Waals surface area contributed by atoms with Crippen molar-refractivity contribution in [2.45, 2.75) is 24.8 Å². The lowest BCUT2D eigenvalue weighted by atomic mass is 9.77. The maximum absolute atomic E-state index is 13.1. The molecular formula is C26H27NO3. The van der Waals surface area contributed by atoms with E-state index in [0.29, 0.717) is 0 Å². The third-order valence-corrected chi connectivity index (χ3v) is 5.84. The lowest BCUT2D eigenvalue weighted by molar-refractivity contribution is -0.150. The Morgan fingerprint density at radius 1 is 0.767 bits per heavy atom. The highest BCUT2D eigenvalue weighted by molar-refractivity contribution is 5.91. The van der Waals surface area contributed by atoms with Crippen LogP contribution in [-0.4, -0.2) is 31.6 Å². The molecule has 0 aliphatic carbocycles. The average Bonchev–Trinajstić information content (AvgIpc) is 2.81. The van der Waals surface area contributed by atoms with Crippen molar-refractivity contribution in [3.8, 4) is 11.5 Å². The number of nitrogens with zero attached hydrogens (tertiary/aromatic N) is 1. The first-order valence-electron chi connectivity index (χ1n) is 10.3. The molecule has 0 radical (unpaired) electrons. The molecule has 1 unspecified atom stereocenters. The molecule has 4 nitrogen and oxygen atoms in total. The highest BCUT2D eigenvalue weighted by Gasteiger charge is 2.48. The smallest absolute Gasteiger partial charge is 0.233 e. The predicted octanol–water partition coefficient (Wildman–Crippen LogP) is 5.00. The van der Waals surface area contributed by atoms with Crippen LogP contribution in [0.25, 0.3) is 0 Å². The Hall–Kier alpha value is -3.27. The average molecular weight is 402 g/mol. The van der Waals surface area contributed by atoms with Crippen molar-refractivity contribution in [3.05, 3.63) is 95.6 Å². The summed E-state index contributed by atoms with van der Waals surface area (Å²) in [5.74, 6) is 1.64. The van der Waals surface area contributed by atoms with Crippen molar-refractivity contribution in [3.63, 3.8) is 0 Å². The maximum atomic E-state index is 13.1. The number of methoxy groups -OCH3 is 2. The number of hydrogen-bond acceptors (Lipinski definition) is 3. The molecule has 0 saturated carbocycles. The van der Waals surface area contributed by atoms with Crippen molar-refractivity contribution in [1.29, 1.82) is 0 Å². The normalized spacial score (nSPS) is 18.1. The molecular weight excluding hydrogens is 374 g/mol. The van der Waals surface area contributed by atoms with Gasteiger partial charge >= 0.3 is 0 Å². The van der Waals surface area contributed by atoms with Crippen LogP contribution in [0.4, 0.5) is 0 Å². The Balaban J connectivity index is 1.54. The zero-order chi connectivity index (χ0) is 20.9. The first-order chi connectivity index (χ1) is 14.7. The van der Waals surface area contributed by atoms with E-state index >= 15 is 0 Å². The number of carbonyl (C=O) groups excluding carboxylic acids is 1. The van der Waals surface area contributed by atoms with Gasteiger partial charge in [0.2, 0.25) is 5.91 Å². The number of likely N-dealkylation sites (tertiary alicyclic amines) is 1. The maximum Gasteiger partial charge on any atom is 0.233 e. The fraction of sp³-hybridized carbons (Fsp3) is 0.269. The van der Waals surface area contributed by atoms with Gasteiger partial charge in [-0.25, -0.2) is 0 Å². The summed E-state index contributed by atoms with van der Waals surface area (Å²) in [6, 6.07) is 26.4. The molecule has 0 spiro atoms. The van der Waals surface area contributed by atoms with E-state index in [1.54, 1.807) is 14.2 Å². The van der Waals surface area contributed by atoms with Crippen LogP contribution in [0.5, 0.6) is 11.5 Å². The highest BCUT2D eigenvalue weighted by Crippen LogP contribution is 2.47. The first kappa shape index (κ1) is 20.0. The minimum Gasteiger partial charge on any atom is -0.497 e. The van der Waals surface area contributed by atoms with Gasteiger partial charge in [0.25, 0.3) is 0 Å². The van der Waals surface area contributed by atoms with E-state index in [2.05, 4.69) is 36.4 Å². The Kier molecular flexibility index (Phi) is 6.03. The first-order valence-corrected chi connectivity index (χ1v) is 10.3. The molecule has 1 aliphatic heterocycles. The summed E-state index contributed by atoms with van der Waals surface area (Å²) in [6.07, 6.45) is 1.91. The van der Waals surface area contributed by atoms with Gasteiger partial charge in [-0.05, 0) is 53.8 Å². The molecule has 0 N–H and O–H groups in total. The Labute approximate surface area is 178 Å². The Bertz CT molecular complexity index is 967. The summed E-state index contributed by atoms with van der Waals surface area (Å²) in [6.45, 7) is 0.747. The van der Waals surface area contributed by atoms with Crippen molar-refractivity contribution >= 4 is 5.91 Å². The van der Waals surface area contributed by atoms with Crippen LogP contribution in [-0.2, 0) is 11.2 Å². The van der Waals surface area contributed by atoms with Gasteiger partial charge in [-0.3, -0.25) is 4.79 Å². The number of amides is 1. The molecule has 1 amide bonds. The van der Waals surface area contributed by atoms with E-state index in [1.807, 2.05) is 47.4 Å². The SMILES string of the molecule is COc1ccc(C2C(=O)N(CCCc3ccccc3)[C@@H]2c2ccc(OC)cc2)cc1. The van der Waals surface area contributed by atoms with Crippen LogP contribution in [0.1, 0.15) is 35.1 Å². The molecule has 154 valence electrons. The van der Waals surface area contributed by atoms with Gasteiger partial charge in [-0.15, -0.1) is 0 Å². The number of carbonyl (C=O) groups is 1. The molecule has 1 fully saturated rings. The molecule has 2 atom stereocenters. The van der Waals surface area contributed by atoms with Crippen LogP contribution in [0.2, 0.25) is 0 Å². The molecule has 1 saturated heterocycles. The van der Waals surface area contributed by atoms with Gasteiger partial charge in [-0.1, -0.05) is 54.6 Å². The van der Waals surface area contributed by atoms with Gasteiger partial charge < -0.3 is 14.4 Å². The quantitative estimate of drug-likeness (QED) is 0.499. The van der Waals surface area contributed by atoms with Gasteiger partial charge in [0, 0.05) is 6.54 Å². The molecule has 3 aromatic rings. The standard InChI is InChI=1S/C26H27NO3/c1-29-22-14-10-20(11-15-22)24-25(21-12-16-23(30-2)17-13-21)27(26(24)28)18-6-9-19-7-4-3-5-8-19/h3-5,7-8,10-17,24-25H,6,9,18H2,1-2H3/t24?,25-/m1/s1. The van der Waals surface area contributed by atoms with E-state index in [1.165, 1.54) is 5.56 Å². The fourth-order valence-corrected chi connectivity index (χ4v) is 4.21. The Morgan fingerprint density at radius 2 is 1.33 bits per heavy atom. The molecule has 4 rings (SSSR count). The van der Waals surface area contributed by atoms with Crippen LogP contribution in [0, 0.1) is 0 Å². The van der Waals surface area contributed by atoms with Gasteiger partial charge in [-0.2, -0.15) is 0 Å². The third-order valence-electron chi connectivity index (χ3n) is 5.84. The summed E-state index contributed by atoms with van der Waals surface area (Å²) < 4.78 is 10.6. The molecule has 1 aliphatic rings. The van der Waals surface area contributed by atoms with Gasteiger partial charge in [0.15, 0.2) is 0 Å². The molecule has 30 heavy (non-hydrogen) atoms. The summed E-state index contributed by atoms with van der Waals surface area (Å²) in [7, 11) is 3.32. The van der Waals surface area contributed by atoms with Crippen molar-refractivity contribution in [1.82, 2.24) is 4.90 Å². The second kappa shape index (κ2) is 9.04. The predicted molar refractivity (Wildman–Crippen MR) is 118 cm³/mol. The number of hydrogen-bond donors (Lipinski definition) is 0. The number of rotatable bonds is 8. The molecule has 4 heteroatoms. The summed E-state index contributed by atoms with van der Waals surface area (Å²) in [5, 5.41) is 0. The number of aryl methyl sites for hydroxylation is 1. The highest BCUT2D eigenvalue weighted by atomic mass is 16.5. The topological polar surface area (TPSA) is 38.8 Å². The van der Waals surface area contributed by atoms with E-state index in [4.69, 9.17) is 9.47 Å². The lowest BCUT2D eigenvalue weighted by Gasteiger charge is -2.48. The number of β-lactam (4-membered cyclic amide) rings is 1. The molecule has 0 aromatic heterocycles. The van der Waals surface area contributed by atoms with E-state index < -0.39 is 0 Å². The molecule has 1 heterocycles. The summed E-state index contributed by atoms with van der Waals surface area (Å²) >= 11 is 0. The number of ether oxygens (including phenoxy) is 2. The van der Waals surface area contributed by atoms with Crippen LogP contribution >= 0.6 is 0 Å². The Morgan fingerprint density at radius 3 is 1.90 bits per heavy atom. The molecule has 0 bridgehead atoms. The third kappa shape index (κ3) is 4.04. The van der Waals surface area contributed by atoms with Crippen LogP contribution in [0.3, 0.4) is 0 Å². The minimum atomic E-state index is -0.166. The van der Waals surface area contributed by atoms with E-state index in [0.717, 1.165) is 42.0 Å². The zero-order valence-corrected chi connectivity index (χ0v) is 17.5. The van der Waals surface area contributed by atoms with Crippen molar-refractivity contribution < 1.29 is 14.3 Å². The zero-order valence-electron chi connectivity index (χ0n) is 17.5. The van der Waals surface area contributed by atoms with E-state index in [9.17, 15) is 4.79 Å². The van der Waals surface area contributed by atoms with Gasteiger partial charge in [0.1, 0.15) is 11.5 Å². The van der Waals surface area contributed by atoms with Crippen LogP contribution in [0.15, 0.2) is 78.9 Å². The second-order valence-corrected chi connectivity index (χ2v) is 7.59. The summed E-state index contributed by atoms with van der Waals surface area (Å²) in [4.78, 5) is 15.1. The number of benzene rings is 3. The minimum absolute atomic E-state index is 0.0348. The van der Waals surface area contributed by atoms with Gasteiger partial charge in [0.05, 0.1) is 26.2 Å². The van der Waals surface area contributed by atoms with Crippen molar-refractivity contribution in [2.75, 3.05) is 20.8 Å². The monoisotopic (exact) mass is 401 g/mol. The van der Waals surface area contributed by atoms with E-state index in [-0.39, 0.29) is 17.9 Å².